The highest BCUT2D eigenvalue weighted by Gasteiger charge is 2.08. The van der Waals surface area contributed by atoms with E-state index in [-0.39, 0.29) is 11.3 Å². The maximum Gasteiger partial charge on any atom is 0.335 e. The Labute approximate surface area is 141 Å². The summed E-state index contributed by atoms with van der Waals surface area (Å²) in [5.41, 5.74) is 4.40. The summed E-state index contributed by atoms with van der Waals surface area (Å²) < 4.78 is 5.85. The van der Waals surface area contributed by atoms with Gasteiger partial charge in [0.2, 0.25) is 0 Å². The first-order valence-corrected chi connectivity index (χ1v) is 7.58. The number of phenolic OH excluding ortho intramolecular Hbond substituents is 1. The molecule has 0 bridgehead atoms. The van der Waals surface area contributed by atoms with Gasteiger partial charge in [-0.15, -0.1) is 0 Å². The van der Waals surface area contributed by atoms with Crippen LogP contribution in [0.25, 0.3) is 0 Å². The van der Waals surface area contributed by atoms with Crippen molar-refractivity contribution in [2.75, 3.05) is 12.0 Å². The molecule has 0 aliphatic carbocycles. The van der Waals surface area contributed by atoms with E-state index in [1.165, 1.54) is 12.1 Å². The van der Waals surface area contributed by atoms with Gasteiger partial charge in [-0.2, -0.15) is 5.10 Å². The van der Waals surface area contributed by atoms with E-state index in [2.05, 4.69) is 26.5 Å². The molecule has 2 aromatic rings. The minimum Gasteiger partial charge on any atom is -0.503 e. The third-order valence-corrected chi connectivity index (χ3v) is 3.49. The van der Waals surface area contributed by atoms with Gasteiger partial charge in [0, 0.05) is 0 Å². The van der Waals surface area contributed by atoms with Crippen LogP contribution in [0.1, 0.15) is 22.8 Å². The highest BCUT2D eigenvalue weighted by Crippen LogP contribution is 2.35. The Kier molecular flexibility index (Phi) is 5.59. The molecule has 23 heavy (non-hydrogen) atoms. The fraction of sp³-hybridized carbons (Fsp3) is 0.125. The number of ether oxygens (including phenoxy) is 1. The second-order valence-corrected chi connectivity index (χ2v) is 5.39. The average molecular weight is 379 g/mol. The van der Waals surface area contributed by atoms with Gasteiger partial charge in [-0.1, -0.05) is 0 Å². The Balaban J connectivity index is 2.09. The number of carboxylic acid groups (broad SMARTS) is 1. The molecule has 2 aromatic carbocycles. The zero-order valence-corrected chi connectivity index (χ0v) is 13.9. The van der Waals surface area contributed by atoms with E-state index in [9.17, 15) is 9.90 Å². The van der Waals surface area contributed by atoms with Crippen molar-refractivity contribution in [3.8, 4) is 11.5 Å². The molecule has 0 amide bonds. The van der Waals surface area contributed by atoms with E-state index >= 15 is 0 Å². The van der Waals surface area contributed by atoms with Crippen LogP contribution in [0.3, 0.4) is 0 Å². The predicted molar refractivity (Wildman–Crippen MR) is 91.6 cm³/mol. The van der Waals surface area contributed by atoms with E-state index in [4.69, 9.17) is 9.84 Å². The monoisotopic (exact) mass is 378 g/mol. The maximum atomic E-state index is 10.8. The molecule has 0 aliphatic heterocycles. The zero-order chi connectivity index (χ0) is 16.8. The van der Waals surface area contributed by atoms with Crippen LogP contribution in [0.5, 0.6) is 11.5 Å². The number of carbonyl (C=O) groups is 1. The molecule has 0 aromatic heterocycles. The van der Waals surface area contributed by atoms with Crippen molar-refractivity contribution in [2.45, 2.75) is 6.92 Å². The third-order valence-electron chi connectivity index (χ3n) is 2.89. The summed E-state index contributed by atoms with van der Waals surface area (Å²) in [4.78, 5) is 10.8. The van der Waals surface area contributed by atoms with Crippen LogP contribution >= 0.6 is 15.9 Å². The largest absolute Gasteiger partial charge is 0.503 e. The molecule has 0 radical (unpaired) electrons. The van der Waals surface area contributed by atoms with Crippen molar-refractivity contribution < 1.29 is 19.7 Å². The van der Waals surface area contributed by atoms with E-state index in [1.807, 2.05) is 6.92 Å². The number of hydrogen-bond donors (Lipinski definition) is 3. The van der Waals surface area contributed by atoms with Gasteiger partial charge in [-0.25, -0.2) is 4.79 Å². The molecule has 0 saturated heterocycles. The van der Waals surface area contributed by atoms with Gasteiger partial charge in [0.05, 0.1) is 28.5 Å². The lowest BCUT2D eigenvalue weighted by atomic mass is 10.2. The van der Waals surface area contributed by atoms with E-state index in [0.717, 1.165) is 5.56 Å². The number of aromatic carboxylic acids is 1. The van der Waals surface area contributed by atoms with Crippen molar-refractivity contribution in [3.63, 3.8) is 0 Å². The maximum absolute atomic E-state index is 10.8. The molecule has 0 atom stereocenters. The number of anilines is 1. The molecule has 3 N–H and O–H groups in total. The van der Waals surface area contributed by atoms with Gasteiger partial charge >= 0.3 is 5.97 Å². The highest BCUT2D eigenvalue weighted by molar-refractivity contribution is 9.10. The highest BCUT2D eigenvalue weighted by atomic mass is 79.9. The van der Waals surface area contributed by atoms with Gasteiger partial charge < -0.3 is 14.9 Å². The van der Waals surface area contributed by atoms with Crippen LogP contribution in [-0.2, 0) is 0 Å². The molecule has 0 fully saturated rings. The summed E-state index contributed by atoms with van der Waals surface area (Å²) in [6, 6.07) is 9.60. The number of carboxylic acids is 1. The second-order valence-electron chi connectivity index (χ2n) is 4.53. The minimum atomic E-state index is -0.975. The number of nitrogens with zero attached hydrogens (tertiary/aromatic N) is 1. The minimum absolute atomic E-state index is 0.0428. The fourth-order valence-corrected chi connectivity index (χ4v) is 2.26. The summed E-state index contributed by atoms with van der Waals surface area (Å²) in [6.07, 6.45) is 1.57. The van der Waals surface area contributed by atoms with Gasteiger partial charge in [-0.3, -0.25) is 5.43 Å². The summed E-state index contributed by atoms with van der Waals surface area (Å²) in [6.45, 7) is 2.27. The molecule has 6 nitrogen and oxygen atoms in total. The lowest BCUT2D eigenvalue weighted by molar-refractivity contribution is 0.0697. The lowest BCUT2D eigenvalue weighted by Gasteiger charge is -2.08. The smallest absolute Gasteiger partial charge is 0.335 e. The van der Waals surface area contributed by atoms with Crippen molar-refractivity contribution in [1.82, 2.24) is 0 Å². The Bertz CT molecular complexity index is 730. The number of rotatable bonds is 6. The molecule has 7 heteroatoms. The molecule has 0 spiro atoms. The Morgan fingerprint density at radius 2 is 2.04 bits per heavy atom. The summed E-state index contributed by atoms with van der Waals surface area (Å²) in [5.74, 6) is -0.562. The number of halogens is 1. The lowest BCUT2D eigenvalue weighted by Crippen LogP contribution is -1.97. The molecular weight excluding hydrogens is 364 g/mol. The van der Waals surface area contributed by atoms with E-state index < -0.39 is 5.97 Å². The van der Waals surface area contributed by atoms with Crippen molar-refractivity contribution >= 4 is 33.8 Å². The molecule has 0 unspecified atom stereocenters. The van der Waals surface area contributed by atoms with Crippen LogP contribution in [-0.4, -0.2) is 29.0 Å². The van der Waals surface area contributed by atoms with Crippen LogP contribution in [0, 0.1) is 0 Å². The normalized spacial score (nSPS) is 10.7. The molecule has 0 saturated carbocycles. The number of phenols is 1. The first kappa shape index (κ1) is 16.8. The molecule has 0 aliphatic rings. The summed E-state index contributed by atoms with van der Waals surface area (Å²) in [7, 11) is 0. The fourth-order valence-electron chi connectivity index (χ4n) is 1.80. The van der Waals surface area contributed by atoms with Crippen molar-refractivity contribution in [2.24, 2.45) is 5.10 Å². The first-order chi connectivity index (χ1) is 11.0. The number of hydrazone groups is 1. The second kappa shape index (κ2) is 7.64. The van der Waals surface area contributed by atoms with Crippen LogP contribution in [0.15, 0.2) is 46.0 Å². The number of benzene rings is 2. The average Bonchev–Trinajstić information content (AvgIpc) is 2.53. The van der Waals surface area contributed by atoms with Gasteiger partial charge in [0.25, 0.3) is 0 Å². The standard InChI is InChI=1S/C16H15BrN2O4/c1-2-23-14-8-10(7-13(17)15(14)20)9-18-19-12-5-3-11(4-6-12)16(21)22/h3-9,19-20H,2H2,1H3,(H,21,22)/b18-9+. The molecule has 120 valence electrons. The van der Waals surface area contributed by atoms with Crippen LogP contribution < -0.4 is 10.2 Å². The number of aromatic hydroxyl groups is 1. The predicted octanol–water partition coefficient (Wildman–Crippen LogP) is 3.70. The van der Waals surface area contributed by atoms with Crippen molar-refractivity contribution in [1.29, 1.82) is 0 Å². The zero-order valence-electron chi connectivity index (χ0n) is 12.3. The van der Waals surface area contributed by atoms with Gasteiger partial charge in [0.15, 0.2) is 11.5 Å². The quantitative estimate of drug-likeness (QED) is 0.526. The third kappa shape index (κ3) is 4.46. The Morgan fingerprint density at radius 1 is 1.35 bits per heavy atom. The summed E-state index contributed by atoms with van der Waals surface area (Å²) in [5, 5.41) is 22.8. The van der Waals surface area contributed by atoms with E-state index in [0.29, 0.717) is 22.5 Å². The molecular formula is C16H15BrN2O4. The molecule has 2 rings (SSSR count). The van der Waals surface area contributed by atoms with Crippen LogP contribution in [0.2, 0.25) is 0 Å². The molecule has 0 heterocycles. The van der Waals surface area contributed by atoms with Gasteiger partial charge in [-0.05, 0) is 64.8 Å². The topological polar surface area (TPSA) is 91.2 Å². The Morgan fingerprint density at radius 3 is 2.65 bits per heavy atom. The Hall–Kier alpha value is -2.54. The summed E-state index contributed by atoms with van der Waals surface area (Å²) >= 11 is 3.26. The number of hydrogen-bond acceptors (Lipinski definition) is 5. The number of nitrogens with one attached hydrogen (secondary N) is 1. The van der Waals surface area contributed by atoms with Gasteiger partial charge in [0.1, 0.15) is 0 Å². The first-order valence-electron chi connectivity index (χ1n) is 6.79. The van der Waals surface area contributed by atoms with Crippen molar-refractivity contribution in [3.05, 3.63) is 52.0 Å². The van der Waals surface area contributed by atoms with Crippen LogP contribution in [0.4, 0.5) is 5.69 Å². The van der Waals surface area contributed by atoms with E-state index in [1.54, 1.807) is 30.5 Å². The SMILES string of the molecule is CCOc1cc(/C=N/Nc2ccc(C(=O)O)cc2)cc(Br)c1O.